The number of likely N-dealkylation sites (tertiary alicyclic amines) is 1. The molecule has 0 spiro atoms. The first-order chi connectivity index (χ1) is 13.2. The third kappa shape index (κ3) is 2.77. The van der Waals surface area contributed by atoms with Gasteiger partial charge in [0.25, 0.3) is 0 Å². The van der Waals surface area contributed by atoms with Crippen LogP contribution in [0.5, 0.6) is 0 Å². The molecular formula is C19H21FN2O6. The van der Waals surface area contributed by atoms with Crippen LogP contribution < -0.4 is 5.32 Å². The van der Waals surface area contributed by atoms with Crippen molar-refractivity contribution in [3.8, 4) is 0 Å². The highest BCUT2D eigenvalue weighted by Crippen LogP contribution is 2.50. The topological polar surface area (TPSA) is 102 Å². The number of halogens is 1. The van der Waals surface area contributed by atoms with Crippen LogP contribution in [0.25, 0.3) is 0 Å². The first-order valence-corrected chi connectivity index (χ1v) is 8.68. The Labute approximate surface area is 161 Å². The first-order valence-electron chi connectivity index (χ1n) is 8.68. The molecule has 2 amide bonds. The number of methoxy groups -OCH3 is 2. The Bertz CT molecular complexity index is 872. The number of nitrogens with zero attached hydrogens (tertiary/aromatic N) is 1. The number of fused-ring (bicyclic) bond motifs is 1. The Morgan fingerprint density at radius 2 is 1.89 bits per heavy atom. The molecule has 0 radical (unpaired) electrons. The quantitative estimate of drug-likeness (QED) is 0.588. The number of benzene rings is 1. The van der Waals surface area contributed by atoms with Gasteiger partial charge in [0.1, 0.15) is 11.4 Å². The number of hydrogen-bond donors (Lipinski definition) is 1. The summed E-state index contributed by atoms with van der Waals surface area (Å²) in [6.07, 6.45) is -0.485. The van der Waals surface area contributed by atoms with Crippen LogP contribution in [-0.2, 0) is 28.7 Å². The Balaban J connectivity index is 2.17. The monoisotopic (exact) mass is 392 g/mol. The highest BCUT2D eigenvalue weighted by Gasteiger charge is 2.68. The summed E-state index contributed by atoms with van der Waals surface area (Å²) in [5.41, 5.74) is -0.887. The molecule has 0 aromatic heterocycles. The summed E-state index contributed by atoms with van der Waals surface area (Å²) in [6, 6.07) is 3.50. The fourth-order valence-corrected chi connectivity index (χ4v) is 4.20. The molecule has 8 nitrogen and oxygen atoms in total. The molecule has 2 aliphatic rings. The van der Waals surface area contributed by atoms with Crippen LogP contribution in [0, 0.1) is 24.6 Å². The highest BCUT2D eigenvalue weighted by molar-refractivity contribution is 6.10. The third-order valence-electron chi connectivity index (χ3n) is 5.62. The van der Waals surface area contributed by atoms with Crippen LogP contribution >= 0.6 is 0 Å². The minimum atomic E-state index is -1.77. The molecule has 2 fully saturated rings. The van der Waals surface area contributed by atoms with Crippen molar-refractivity contribution in [2.45, 2.75) is 24.9 Å². The average molecular weight is 392 g/mol. The van der Waals surface area contributed by atoms with Crippen LogP contribution in [0.2, 0.25) is 0 Å². The largest absolute Gasteiger partial charge is 0.469 e. The molecule has 2 aliphatic heterocycles. The molecule has 1 N–H and O–H groups in total. The molecule has 4 atom stereocenters. The van der Waals surface area contributed by atoms with Crippen molar-refractivity contribution in [2.75, 3.05) is 21.3 Å². The highest BCUT2D eigenvalue weighted by atomic mass is 19.1. The predicted octanol–water partition coefficient (Wildman–Crippen LogP) is 0.484. The maximum atomic E-state index is 13.7. The Morgan fingerprint density at radius 3 is 2.46 bits per heavy atom. The lowest BCUT2D eigenvalue weighted by molar-refractivity contribution is -0.159. The summed E-state index contributed by atoms with van der Waals surface area (Å²) in [4.78, 5) is 51.4. The fourth-order valence-electron chi connectivity index (χ4n) is 4.20. The number of esters is 2. The van der Waals surface area contributed by atoms with Crippen molar-refractivity contribution in [3.63, 3.8) is 0 Å². The van der Waals surface area contributed by atoms with Crippen molar-refractivity contribution < 1.29 is 33.0 Å². The molecule has 1 aromatic carbocycles. The van der Waals surface area contributed by atoms with Crippen molar-refractivity contribution in [3.05, 3.63) is 35.1 Å². The fraction of sp³-hybridized carbons (Fsp3) is 0.474. The van der Waals surface area contributed by atoms with E-state index in [1.54, 1.807) is 13.0 Å². The van der Waals surface area contributed by atoms with Gasteiger partial charge in [-0.05, 0) is 24.1 Å². The van der Waals surface area contributed by atoms with Gasteiger partial charge in [0, 0.05) is 13.1 Å². The second-order valence-electron chi connectivity index (χ2n) is 7.09. The van der Waals surface area contributed by atoms with E-state index in [4.69, 9.17) is 9.47 Å². The standard InChI is InChI=1S/C19H21FN2O6/c1-9-7-10(5-6-11(9)20)15-13-14(17(25)22(2)16(13)24)19(21-15,18(26)28-4)8-12(23)27-3/h5-7,13-15,21H,8H2,1-4H3/t13-,14-,15-,19-/m1/s1. The lowest BCUT2D eigenvalue weighted by atomic mass is 9.77. The van der Waals surface area contributed by atoms with Crippen molar-refractivity contribution in [2.24, 2.45) is 11.8 Å². The zero-order valence-corrected chi connectivity index (χ0v) is 15.9. The molecule has 2 saturated heterocycles. The van der Waals surface area contributed by atoms with Gasteiger partial charge in [0.05, 0.1) is 32.5 Å². The van der Waals surface area contributed by atoms with E-state index in [1.165, 1.54) is 19.2 Å². The number of carbonyl (C=O) groups is 4. The van der Waals surface area contributed by atoms with E-state index in [0.717, 1.165) is 19.1 Å². The van der Waals surface area contributed by atoms with Gasteiger partial charge < -0.3 is 9.47 Å². The molecule has 2 heterocycles. The van der Waals surface area contributed by atoms with Gasteiger partial charge in [-0.1, -0.05) is 12.1 Å². The summed E-state index contributed by atoms with van der Waals surface area (Å²) < 4.78 is 23.3. The Kier molecular flexibility index (Phi) is 4.97. The summed E-state index contributed by atoms with van der Waals surface area (Å²) >= 11 is 0. The van der Waals surface area contributed by atoms with Gasteiger partial charge in [-0.25, -0.2) is 4.39 Å². The molecular weight excluding hydrogens is 371 g/mol. The van der Waals surface area contributed by atoms with Crippen molar-refractivity contribution in [1.29, 1.82) is 0 Å². The van der Waals surface area contributed by atoms with Crippen LogP contribution in [0.3, 0.4) is 0 Å². The van der Waals surface area contributed by atoms with E-state index in [2.05, 4.69) is 5.32 Å². The number of amides is 2. The number of ether oxygens (including phenoxy) is 2. The zero-order valence-electron chi connectivity index (χ0n) is 15.9. The lowest BCUT2D eigenvalue weighted by Crippen LogP contribution is -2.57. The maximum Gasteiger partial charge on any atom is 0.327 e. The average Bonchev–Trinajstić information content (AvgIpc) is 3.13. The summed E-state index contributed by atoms with van der Waals surface area (Å²) in [6.45, 7) is 1.57. The zero-order chi connectivity index (χ0) is 20.8. The van der Waals surface area contributed by atoms with Gasteiger partial charge in [-0.15, -0.1) is 0 Å². The molecule has 3 rings (SSSR count). The first kappa shape index (κ1) is 19.9. The molecule has 0 unspecified atom stereocenters. The van der Waals surface area contributed by atoms with E-state index in [1.807, 2.05) is 0 Å². The second kappa shape index (κ2) is 6.97. The van der Waals surface area contributed by atoms with E-state index < -0.39 is 59.4 Å². The van der Waals surface area contributed by atoms with Gasteiger partial charge in [0.2, 0.25) is 11.8 Å². The molecule has 0 aliphatic carbocycles. The Hall–Kier alpha value is -2.81. The molecule has 150 valence electrons. The third-order valence-corrected chi connectivity index (χ3v) is 5.62. The molecule has 9 heteroatoms. The number of imide groups is 1. The van der Waals surface area contributed by atoms with E-state index in [9.17, 15) is 23.6 Å². The maximum absolute atomic E-state index is 13.7. The van der Waals surface area contributed by atoms with Crippen LogP contribution in [-0.4, -0.2) is 55.5 Å². The molecule has 1 aromatic rings. The second-order valence-corrected chi connectivity index (χ2v) is 7.09. The number of aryl methyl sites for hydroxylation is 1. The van der Waals surface area contributed by atoms with E-state index >= 15 is 0 Å². The smallest absolute Gasteiger partial charge is 0.327 e. The number of carbonyl (C=O) groups excluding carboxylic acids is 4. The van der Waals surface area contributed by atoms with Crippen molar-refractivity contribution in [1.82, 2.24) is 10.2 Å². The lowest BCUT2D eigenvalue weighted by Gasteiger charge is -2.31. The van der Waals surface area contributed by atoms with Gasteiger partial charge in [-0.3, -0.25) is 29.4 Å². The normalized spacial score (nSPS) is 29.0. The van der Waals surface area contributed by atoms with Crippen LogP contribution in [0.4, 0.5) is 4.39 Å². The van der Waals surface area contributed by atoms with Gasteiger partial charge >= 0.3 is 11.9 Å². The summed E-state index contributed by atoms with van der Waals surface area (Å²) in [5.74, 6) is -5.15. The predicted molar refractivity (Wildman–Crippen MR) is 93.2 cm³/mol. The van der Waals surface area contributed by atoms with Crippen LogP contribution in [0.1, 0.15) is 23.6 Å². The number of nitrogens with one attached hydrogen (secondary N) is 1. The molecule has 0 bridgehead atoms. The number of hydrogen-bond acceptors (Lipinski definition) is 7. The van der Waals surface area contributed by atoms with Gasteiger partial charge in [-0.2, -0.15) is 0 Å². The molecule has 0 saturated carbocycles. The minimum absolute atomic E-state index is 0.351. The van der Waals surface area contributed by atoms with E-state index in [0.29, 0.717) is 11.1 Å². The Morgan fingerprint density at radius 1 is 1.21 bits per heavy atom. The van der Waals surface area contributed by atoms with Crippen molar-refractivity contribution >= 4 is 23.8 Å². The molecule has 28 heavy (non-hydrogen) atoms. The van der Waals surface area contributed by atoms with E-state index in [-0.39, 0.29) is 0 Å². The minimum Gasteiger partial charge on any atom is -0.469 e. The summed E-state index contributed by atoms with van der Waals surface area (Å²) in [5, 5.41) is 3.00. The summed E-state index contributed by atoms with van der Waals surface area (Å²) in [7, 11) is 3.63. The van der Waals surface area contributed by atoms with Gasteiger partial charge in [0.15, 0.2) is 0 Å². The number of rotatable bonds is 4. The van der Waals surface area contributed by atoms with Crippen LogP contribution in [0.15, 0.2) is 18.2 Å². The SMILES string of the molecule is COC(=O)C[C@@]1(C(=O)OC)N[C@H](c2ccc(F)c(C)c2)[C@@H]2C(=O)N(C)C(=O)[C@@H]21.